The molecule has 2 amide bonds. The van der Waals surface area contributed by atoms with Crippen LogP contribution in [0.15, 0.2) is 48.5 Å². The zero-order valence-electron chi connectivity index (χ0n) is 14.2. The van der Waals surface area contributed by atoms with Crippen molar-refractivity contribution in [1.82, 2.24) is 0 Å². The Kier molecular flexibility index (Phi) is 5.73. The number of anilines is 3. The van der Waals surface area contributed by atoms with Gasteiger partial charge >= 0.3 is 17.8 Å². The van der Waals surface area contributed by atoms with Crippen LogP contribution in [0.5, 0.6) is 0 Å². The van der Waals surface area contributed by atoms with Gasteiger partial charge in [0.1, 0.15) is 0 Å². The van der Waals surface area contributed by atoms with E-state index in [1.54, 1.807) is 18.2 Å². The quantitative estimate of drug-likeness (QED) is 0.657. The summed E-state index contributed by atoms with van der Waals surface area (Å²) in [5.41, 5.74) is 2.17. The van der Waals surface area contributed by atoms with Gasteiger partial charge in [0, 0.05) is 31.2 Å². The second-order valence-electron chi connectivity index (χ2n) is 5.42. The molecule has 25 heavy (non-hydrogen) atoms. The molecule has 0 radical (unpaired) electrons. The molecule has 7 heteroatoms. The van der Waals surface area contributed by atoms with Crippen LogP contribution in [0.3, 0.4) is 0 Å². The van der Waals surface area contributed by atoms with E-state index in [4.69, 9.17) is 0 Å². The van der Waals surface area contributed by atoms with E-state index in [0.717, 1.165) is 5.69 Å². The number of benzene rings is 2. The maximum absolute atomic E-state index is 12.0. The molecule has 0 saturated carbocycles. The van der Waals surface area contributed by atoms with Gasteiger partial charge < -0.3 is 20.3 Å². The molecule has 7 nitrogen and oxygen atoms in total. The van der Waals surface area contributed by atoms with Gasteiger partial charge in [-0.25, -0.2) is 4.79 Å². The van der Waals surface area contributed by atoms with Crippen LogP contribution in [0.4, 0.5) is 17.1 Å². The van der Waals surface area contributed by atoms with Crippen LogP contribution in [-0.4, -0.2) is 39.0 Å². The fraction of sp³-hybridized carbons (Fsp3) is 0.167. The molecule has 0 bridgehead atoms. The van der Waals surface area contributed by atoms with Crippen LogP contribution in [0.25, 0.3) is 0 Å². The molecule has 0 unspecified atom stereocenters. The number of nitrogens with one attached hydrogen (secondary N) is 2. The average molecular weight is 341 g/mol. The molecule has 0 heterocycles. The lowest BCUT2D eigenvalue weighted by atomic mass is 10.2. The molecule has 0 aromatic heterocycles. The standard InChI is InChI=1S/C18H19N3O4/c1-21(2)15-6-4-5-14(11-15)20-17(23)16(22)19-13-9-7-12(8-10-13)18(24)25-3/h4-11H,1-3H3,(H,19,22)(H,20,23). The summed E-state index contributed by atoms with van der Waals surface area (Å²) in [6.07, 6.45) is 0. The summed E-state index contributed by atoms with van der Waals surface area (Å²) in [5.74, 6) is -2.06. The predicted octanol–water partition coefficient (Wildman–Crippen LogP) is 2.12. The van der Waals surface area contributed by atoms with Crippen molar-refractivity contribution in [2.75, 3.05) is 36.7 Å². The number of rotatable bonds is 4. The molecule has 0 aliphatic carbocycles. The van der Waals surface area contributed by atoms with Crippen LogP contribution < -0.4 is 15.5 Å². The molecular weight excluding hydrogens is 322 g/mol. The third-order valence-corrected chi connectivity index (χ3v) is 3.39. The smallest absolute Gasteiger partial charge is 0.337 e. The Labute approximate surface area is 145 Å². The van der Waals surface area contributed by atoms with Gasteiger partial charge in [-0.1, -0.05) is 6.07 Å². The summed E-state index contributed by atoms with van der Waals surface area (Å²) in [7, 11) is 5.05. The normalized spacial score (nSPS) is 9.88. The molecule has 2 aromatic rings. The van der Waals surface area contributed by atoms with Gasteiger partial charge in [-0.15, -0.1) is 0 Å². The van der Waals surface area contributed by atoms with Gasteiger partial charge in [-0.3, -0.25) is 9.59 Å². The van der Waals surface area contributed by atoms with Crippen molar-refractivity contribution in [3.63, 3.8) is 0 Å². The number of carbonyl (C=O) groups excluding carboxylic acids is 3. The number of esters is 1. The highest BCUT2D eigenvalue weighted by Gasteiger charge is 2.15. The first-order valence-electron chi connectivity index (χ1n) is 7.49. The van der Waals surface area contributed by atoms with Gasteiger partial charge in [-0.2, -0.15) is 0 Å². The minimum absolute atomic E-state index is 0.352. The monoisotopic (exact) mass is 341 g/mol. The Morgan fingerprint density at radius 3 is 2.04 bits per heavy atom. The SMILES string of the molecule is COC(=O)c1ccc(NC(=O)C(=O)Nc2cccc(N(C)C)c2)cc1. The molecular formula is C18H19N3O4. The Hall–Kier alpha value is -3.35. The topological polar surface area (TPSA) is 87.7 Å². The lowest BCUT2D eigenvalue weighted by molar-refractivity contribution is -0.132. The van der Waals surface area contributed by atoms with E-state index in [1.165, 1.54) is 31.4 Å². The highest BCUT2D eigenvalue weighted by molar-refractivity contribution is 6.43. The van der Waals surface area contributed by atoms with Gasteiger partial charge in [0.05, 0.1) is 12.7 Å². The first kappa shape index (κ1) is 18.0. The van der Waals surface area contributed by atoms with Crippen molar-refractivity contribution in [1.29, 1.82) is 0 Å². The second-order valence-corrected chi connectivity index (χ2v) is 5.42. The van der Waals surface area contributed by atoms with Crippen molar-refractivity contribution in [2.24, 2.45) is 0 Å². The number of ether oxygens (including phenoxy) is 1. The van der Waals surface area contributed by atoms with Gasteiger partial charge in [-0.05, 0) is 42.5 Å². The summed E-state index contributed by atoms with van der Waals surface area (Å²) in [4.78, 5) is 37.2. The Bertz CT molecular complexity index is 785. The lowest BCUT2D eigenvalue weighted by Crippen LogP contribution is -2.29. The van der Waals surface area contributed by atoms with Crippen molar-refractivity contribution < 1.29 is 19.1 Å². The molecule has 2 N–H and O–H groups in total. The lowest BCUT2D eigenvalue weighted by Gasteiger charge is -2.14. The maximum atomic E-state index is 12.0. The number of nitrogens with zero attached hydrogens (tertiary/aromatic N) is 1. The fourth-order valence-corrected chi connectivity index (χ4v) is 2.05. The number of carbonyl (C=O) groups is 3. The van der Waals surface area contributed by atoms with Crippen molar-refractivity contribution in [2.45, 2.75) is 0 Å². The van der Waals surface area contributed by atoms with E-state index in [-0.39, 0.29) is 0 Å². The van der Waals surface area contributed by atoms with Crippen molar-refractivity contribution in [3.05, 3.63) is 54.1 Å². The number of hydrogen-bond acceptors (Lipinski definition) is 5. The van der Waals surface area contributed by atoms with Gasteiger partial charge in [0.2, 0.25) is 0 Å². The zero-order chi connectivity index (χ0) is 18.4. The van der Waals surface area contributed by atoms with Crippen LogP contribution in [0.2, 0.25) is 0 Å². The van der Waals surface area contributed by atoms with E-state index >= 15 is 0 Å². The third kappa shape index (κ3) is 4.81. The molecule has 2 rings (SSSR count). The first-order chi connectivity index (χ1) is 11.9. The molecule has 0 saturated heterocycles. The average Bonchev–Trinajstić information content (AvgIpc) is 2.61. The summed E-state index contributed by atoms with van der Waals surface area (Å²) in [6.45, 7) is 0. The molecule has 0 atom stereocenters. The third-order valence-electron chi connectivity index (χ3n) is 3.39. The number of hydrogen-bond donors (Lipinski definition) is 2. The largest absolute Gasteiger partial charge is 0.465 e. The Balaban J connectivity index is 1.99. The summed E-state index contributed by atoms with van der Waals surface area (Å²) in [6, 6.07) is 13.2. The molecule has 0 aliphatic heterocycles. The van der Waals surface area contributed by atoms with Gasteiger partial charge in [0.15, 0.2) is 0 Å². The fourth-order valence-electron chi connectivity index (χ4n) is 2.05. The number of methoxy groups -OCH3 is 1. The van der Waals surface area contributed by atoms with Crippen LogP contribution in [0, 0.1) is 0 Å². The zero-order valence-corrected chi connectivity index (χ0v) is 14.2. The second kappa shape index (κ2) is 7.96. The highest BCUT2D eigenvalue weighted by atomic mass is 16.5. The predicted molar refractivity (Wildman–Crippen MR) is 95.8 cm³/mol. The minimum atomic E-state index is -0.805. The summed E-state index contributed by atoms with van der Waals surface area (Å²) < 4.78 is 4.59. The maximum Gasteiger partial charge on any atom is 0.337 e. The molecule has 130 valence electrons. The van der Waals surface area contributed by atoms with E-state index in [2.05, 4.69) is 15.4 Å². The number of amides is 2. The summed E-state index contributed by atoms with van der Waals surface area (Å²) >= 11 is 0. The minimum Gasteiger partial charge on any atom is -0.465 e. The Morgan fingerprint density at radius 2 is 1.48 bits per heavy atom. The van der Waals surface area contributed by atoms with E-state index in [1.807, 2.05) is 25.1 Å². The molecule has 0 fully saturated rings. The van der Waals surface area contributed by atoms with Crippen molar-refractivity contribution >= 4 is 34.8 Å². The van der Waals surface area contributed by atoms with Gasteiger partial charge in [0.25, 0.3) is 0 Å². The van der Waals surface area contributed by atoms with E-state index in [9.17, 15) is 14.4 Å². The van der Waals surface area contributed by atoms with Crippen LogP contribution >= 0.6 is 0 Å². The molecule has 0 spiro atoms. The Morgan fingerprint density at radius 1 is 0.880 bits per heavy atom. The van der Waals surface area contributed by atoms with Crippen LogP contribution in [0.1, 0.15) is 10.4 Å². The van der Waals surface area contributed by atoms with Crippen LogP contribution in [-0.2, 0) is 14.3 Å². The molecule has 0 aliphatic rings. The van der Waals surface area contributed by atoms with Crippen molar-refractivity contribution in [3.8, 4) is 0 Å². The molecule has 2 aromatic carbocycles. The first-order valence-corrected chi connectivity index (χ1v) is 7.49. The van der Waals surface area contributed by atoms with E-state index in [0.29, 0.717) is 16.9 Å². The summed E-state index contributed by atoms with van der Waals surface area (Å²) in [5, 5.41) is 5.01. The van der Waals surface area contributed by atoms with E-state index < -0.39 is 17.8 Å². The highest BCUT2D eigenvalue weighted by Crippen LogP contribution is 2.17.